The van der Waals surface area contributed by atoms with Crippen molar-refractivity contribution in [3.05, 3.63) is 40.9 Å². The van der Waals surface area contributed by atoms with E-state index < -0.39 is 0 Å². The molecule has 0 amide bonds. The van der Waals surface area contributed by atoms with E-state index >= 15 is 0 Å². The lowest BCUT2D eigenvalue weighted by molar-refractivity contribution is 0.0987. The molecule has 0 unspecified atom stereocenters. The number of fused-ring (bicyclic) bond motifs is 4. The van der Waals surface area contributed by atoms with E-state index in [0.29, 0.717) is 41.2 Å². The van der Waals surface area contributed by atoms with Gasteiger partial charge in [0.05, 0.1) is 30.0 Å². The van der Waals surface area contributed by atoms with Gasteiger partial charge in [0.25, 0.3) is 5.56 Å². The van der Waals surface area contributed by atoms with Crippen LogP contribution < -0.4 is 5.56 Å². The molecule has 144 valence electrons. The molecule has 0 saturated carbocycles. The molecule has 1 aliphatic heterocycles. The van der Waals surface area contributed by atoms with Crippen LogP contribution in [-0.4, -0.2) is 36.8 Å². The Hall–Kier alpha value is -2.80. The molecule has 1 atom stereocenters. The molecular weight excluding hydrogens is 354 g/mol. The normalized spacial score (nSPS) is 17.5. The fraction of sp³-hybridized carbons (Fsp3) is 0.429. The third kappa shape index (κ3) is 2.77. The number of benzene rings is 1. The van der Waals surface area contributed by atoms with E-state index in [1.54, 1.807) is 10.9 Å². The first-order chi connectivity index (χ1) is 13.6. The third-order valence-corrected chi connectivity index (χ3v) is 5.29. The van der Waals surface area contributed by atoms with Gasteiger partial charge in [-0.1, -0.05) is 26.0 Å². The first-order valence-corrected chi connectivity index (χ1v) is 9.87. The van der Waals surface area contributed by atoms with Gasteiger partial charge in [-0.25, -0.2) is 15.0 Å². The van der Waals surface area contributed by atoms with Crippen LogP contribution in [0.25, 0.3) is 33.2 Å². The Balaban J connectivity index is 1.82. The van der Waals surface area contributed by atoms with Crippen molar-refractivity contribution >= 4 is 33.2 Å². The van der Waals surface area contributed by atoms with Crippen LogP contribution in [0.5, 0.6) is 0 Å². The highest BCUT2D eigenvalue weighted by Gasteiger charge is 2.23. The minimum Gasteiger partial charge on any atom is -0.376 e. The maximum absolute atomic E-state index is 13.3. The molecule has 1 aliphatic rings. The maximum atomic E-state index is 13.3. The smallest absolute Gasteiger partial charge is 0.265 e. The van der Waals surface area contributed by atoms with Crippen LogP contribution in [0.3, 0.4) is 0 Å². The predicted molar refractivity (Wildman–Crippen MR) is 108 cm³/mol. The van der Waals surface area contributed by atoms with Crippen molar-refractivity contribution in [2.45, 2.75) is 45.9 Å². The third-order valence-electron chi connectivity index (χ3n) is 5.29. The second-order valence-corrected chi connectivity index (χ2v) is 7.92. The molecule has 3 aromatic heterocycles. The fourth-order valence-electron chi connectivity index (χ4n) is 4.03. The zero-order valence-corrected chi connectivity index (χ0v) is 16.1. The Morgan fingerprint density at radius 2 is 1.96 bits per heavy atom. The zero-order chi connectivity index (χ0) is 19.3. The van der Waals surface area contributed by atoms with Crippen LogP contribution in [0.4, 0.5) is 0 Å². The van der Waals surface area contributed by atoms with Crippen molar-refractivity contribution < 1.29 is 4.74 Å². The molecule has 0 aliphatic carbocycles. The monoisotopic (exact) mass is 377 g/mol. The summed E-state index contributed by atoms with van der Waals surface area (Å²) in [6, 6.07) is 7.75. The number of aromatic nitrogens is 5. The fourth-order valence-corrected chi connectivity index (χ4v) is 4.03. The van der Waals surface area contributed by atoms with Gasteiger partial charge in [-0.2, -0.15) is 0 Å². The van der Waals surface area contributed by atoms with E-state index in [9.17, 15) is 4.79 Å². The van der Waals surface area contributed by atoms with Crippen molar-refractivity contribution in [3.8, 4) is 0 Å². The average molecular weight is 377 g/mol. The summed E-state index contributed by atoms with van der Waals surface area (Å²) in [5.41, 5.74) is 3.52. The van der Waals surface area contributed by atoms with Crippen LogP contribution in [0.15, 0.2) is 35.4 Å². The lowest BCUT2D eigenvalue weighted by Gasteiger charge is -2.12. The lowest BCUT2D eigenvalue weighted by Crippen LogP contribution is -2.23. The van der Waals surface area contributed by atoms with Crippen LogP contribution >= 0.6 is 0 Å². The predicted octanol–water partition coefficient (Wildman–Crippen LogP) is 3.13. The molecule has 7 nitrogen and oxygen atoms in total. The number of hydrogen-bond donors (Lipinski definition) is 0. The number of nitrogens with zero attached hydrogens (tertiary/aromatic N) is 5. The van der Waals surface area contributed by atoms with Crippen molar-refractivity contribution in [2.24, 2.45) is 5.92 Å². The van der Waals surface area contributed by atoms with Crippen molar-refractivity contribution in [3.63, 3.8) is 0 Å². The Labute approximate surface area is 162 Å². The standard InChI is InChI=1S/C21H23N5O2/c1-13(2)10-25-12-22-19-17(21(25)27)18-20(26(19)11-14-6-5-9-28-14)24-16-8-4-3-7-15(16)23-18/h3-4,7-8,12-14H,5-6,9-11H2,1-2H3/t14-/m0/s1. The lowest BCUT2D eigenvalue weighted by atomic mass is 10.2. The van der Waals surface area contributed by atoms with E-state index in [1.165, 1.54) is 0 Å². The summed E-state index contributed by atoms with van der Waals surface area (Å²) < 4.78 is 9.53. The zero-order valence-electron chi connectivity index (χ0n) is 16.1. The van der Waals surface area contributed by atoms with Crippen molar-refractivity contribution in [2.75, 3.05) is 6.61 Å². The second-order valence-electron chi connectivity index (χ2n) is 7.92. The number of para-hydroxylation sites is 2. The van der Waals surface area contributed by atoms with Crippen LogP contribution in [0.1, 0.15) is 26.7 Å². The number of ether oxygens (including phenoxy) is 1. The van der Waals surface area contributed by atoms with Crippen molar-refractivity contribution in [1.82, 2.24) is 24.1 Å². The Kier molecular flexibility index (Phi) is 4.12. The highest BCUT2D eigenvalue weighted by atomic mass is 16.5. The van der Waals surface area contributed by atoms with Gasteiger partial charge in [0.15, 0.2) is 11.3 Å². The number of hydrogen-bond acceptors (Lipinski definition) is 5. The van der Waals surface area contributed by atoms with Crippen LogP contribution in [0.2, 0.25) is 0 Å². The van der Waals surface area contributed by atoms with Gasteiger partial charge >= 0.3 is 0 Å². The SMILES string of the molecule is CC(C)Cn1cnc2c(c1=O)c1nc3ccccc3nc1n2C[C@@H]1CCCO1. The van der Waals surface area contributed by atoms with E-state index in [0.717, 1.165) is 30.5 Å². The molecule has 0 N–H and O–H groups in total. The molecule has 28 heavy (non-hydrogen) atoms. The van der Waals surface area contributed by atoms with Crippen LogP contribution in [0, 0.1) is 5.92 Å². The van der Waals surface area contributed by atoms with Gasteiger partial charge < -0.3 is 9.30 Å². The molecule has 7 heteroatoms. The summed E-state index contributed by atoms with van der Waals surface area (Å²) in [5, 5.41) is 0.550. The minimum absolute atomic E-state index is 0.0561. The second kappa shape index (κ2) is 6.67. The van der Waals surface area contributed by atoms with Gasteiger partial charge in [-0.15, -0.1) is 0 Å². The molecular formula is C21H23N5O2. The van der Waals surface area contributed by atoms with E-state index in [2.05, 4.69) is 18.8 Å². The Bertz CT molecular complexity index is 1230. The molecule has 4 aromatic rings. The van der Waals surface area contributed by atoms with E-state index in [-0.39, 0.29) is 11.7 Å². The minimum atomic E-state index is -0.0561. The molecule has 0 spiro atoms. The summed E-state index contributed by atoms with van der Waals surface area (Å²) in [7, 11) is 0. The maximum Gasteiger partial charge on any atom is 0.265 e. The molecule has 0 radical (unpaired) electrons. The van der Waals surface area contributed by atoms with Gasteiger partial charge in [-0.3, -0.25) is 9.36 Å². The first-order valence-electron chi connectivity index (χ1n) is 9.87. The summed E-state index contributed by atoms with van der Waals surface area (Å²) in [4.78, 5) is 27.6. The molecule has 4 heterocycles. The van der Waals surface area contributed by atoms with Crippen molar-refractivity contribution in [1.29, 1.82) is 0 Å². The quantitative estimate of drug-likeness (QED) is 0.546. The molecule has 0 bridgehead atoms. The number of rotatable bonds is 4. The molecule has 1 saturated heterocycles. The van der Waals surface area contributed by atoms with E-state index in [1.807, 2.05) is 28.8 Å². The van der Waals surface area contributed by atoms with Gasteiger partial charge in [-0.05, 0) is 30.9 Å². The molecule has 5 rings (SSSR count). The van der Waals surface area contributed by atoms with Crippen LogP contribution in [-0.2, 0) is 17.8 Å². The summed E-state index contributed by atoms with van der Waals surface area (Å²) in [6.07, 6.45) is 3.83. The van der Waals surface area contributed by atoms with Gasteiger partial charge in [0.2, 0.25) is 0 Å². The largest absolute Gasteiger partial charge is 0.376 e. The molecule has 1 fully saturated rings. The van der Waals surface area contributed by atoms with Gasteiger partial charge in [0, 0.05) is 13.2 Å². The first kappa shape index (κ1) is 17.3. The Morgan fingerprint density at radius 3 is 2.68 bits per heavy atom. The highest BCUT2D eigenvalue weighted by molar-refractivity contribution is 6.04. The average Bonchev–Trinajstić information content (AvgIpc) is 3.29. The summed E-state index contributed by atoms with van der Waals surface area (Å²) in [5.74, 6) is 0.351. The Morgan fingerprint density at radius 1 is 1.18 bits per heavy atom. The molecule has 1 aromatic carbocycles. The van der Waals surface area contributed by atoms with E-state index in [4.69, 9.17) is 14.7 Å². The van der Waals surface area contributed by atoms with Gasteiger partial charge in [0.1, 0.15) is 10.9 Å². The summed E-state index contributed by atoms with van der Waals surface area (Å²) in [6.45, 7) is 6.22. The topological polar surface area (TPSA) is 74.8 Å². The highest BCUT2D eigenvalue weighted by Crippen LogP contribution is 2.27. The summed E-state index contributed by atoms with van der Waals surface area (Å²) >= 11 is 0.